The number of carbonyl (C=O) groups is 1. The van der Waals surface area contributed by atoms with Gasteiger partial charge in [-0.2, -0.15) is 0 Å². The Kier molecular flexibility index (Phi) is 9.10. The Morgan fingerprint density at radius 2 is 2.03 bits per heavy atom. The molecular weight excluding hydrogens is 390 g/mol. The Balaban J connectivity index is 1.98. The van der Waals surface area contributed by atoms with Crippen LogP contribution in [0.5, 0.6) is 11.5 Å². The van der Waals surface area contributed by atoms with Crippen molar-refractivity contribution < 1.29 is 19.0 Å². The highest BCUT2D eigenvalue weighted by atomic mass is 35.5. The zero-order chi connectivity index (χ0) is 21.1. The second-order valence-electron chi connectivity index (χ2n) is 6.07. The van der Waals surface area contributed by atoms with E-state index in [1.165, 1.54) is 0 Å². The first-order chi connectivity index (χ1) is 14.1. The average Bonchev–Trinajstić information content (AvgIpc) is 2.74. The van der Waals surface area contributed by atoms with Crippen molar-refractivity contribution in [2.24, 2.45) is 0 Å². The number of hydrogen-bond acceptors (Lipinski definition) is 4. The van der Waals surface area contributed by atoms with Gasteiger partial charge >= 0.3 is 0 Å². The van der Waals surface area contributed by atoms with E-state index < -0.39 is 6.10 Å². The van der Waals surface area contributed by atoms with E-state index in [0.29, 0.717) is 41.7 Å². The van der Waals surface area contributed by atoms with Crippen molar-refractivity contribution in [2.45, 2.75) is 12.5 Å². The predicted molar refractivity (Wildman–Crippen MR) is 114 cm³/mol. The third kappa shape index (κ3) is 6.86. The molecule has 0 aromatic heterocycles. The monoisotopic (exact) mass is 413 g/mol. The van der Waals surface area contributed by atoms with E-state index in [4.69, 9.17) is 32.2 Å². The van der Waals surface area contributed by atoms with Crippen LogP contribution in [0.1, 0.15) is 17.2 Å². The van der Waals surface area contributed by atoms with Crippen molar-refractivity contribution in [3.8, 4) is 23.8 Å². The van der Waals surface area contributed by atoms with Crippen molar-refractivity contribution in [3.63, 3.8) is 0 Å². The van der Waals surface area contributed by atoms with Gasteiger partial charge in [-0.25, -0.2) is 0 Å². The van der Waals surface area contributed by atoms with E-state index in [1.807, 2.05) is 18.2 Å². The fraction of sp³-hybridized carbons (Fsp3) is 0.261. The van der Waals surface area contributed by atoms with Crippen LogP contribution in [-0.2, 0) is 16.0 Å². The van der Waals surface area contributed by atoms with E-state index in [2.05, 4.69) is 17.8 Å². The lowest BCUT2D eigenvalue weighted by molar-refractivity contribution is -0.132. The lowest BCUT2D eigenvalue weighted by Crippen LogP contribution is -2.32. The van der Waals surface area contributed by atoms with Gasteiger partial charge in [0.2, 0.25) is 0 Å². The van der Waals surface area contributed by atoms with Gasteiger partial charge in [0.1, 0.15) is 13.2 Å². The molecule has 1 unspecified atom stereocenters. The van der Waals surface area contributed by atoms with Gasteiger partial charge in [0.25, 0.3) is 5.91 Å². The molecule has 6 heteroatoms. The van der Waals surface area contributed by atoms with Crippen LogP contribution in [0.25, 0.3) is 0 Å². The average molecular weight is 414 g/mol. The number of rotatable bonds is 11. The first kappa shape index (κ1) is 22.4. The number of amides is 1. The first-order valence-corrected chi connectivity index (χ1v) is 9.45. The number of nitrogens with one attached hydrogen (secondary N) is 1. The topological polar surface area (TPSA) is 56.8 Å². The molecule has 152 valence electrons. The van der Waals surface area contributed by atoms with Crippen molar-refractivity contribution in [2.75, 3.05) is 26.9 Å². The summed E-state index contributed by atoms with van der Waals surface area (Å²) in [5, 5.41) is 3.47. The molecule has 29 heavy (non-hydrogen) atoms. The number of ether oxygens (including phenoxy) is 3. The van der Waals surface area contributed by atoms with Crippen molar-refractivity contribution in [3.05, 3.63) is 71.3 Å². The number of carbonyl (C=O) groups excluding carboxylic acids is 1. The second-order valence-corrected chi connectivity index (χ2v) is 6.51. The molecule has 1 atom stereocenters. The lowest BCUT2D eigenvalue weighted by Gasteiger charge is -2.17. The standard InChI is InChI=1S/C23H24ClNO4/c1-4-14-28-20-11-6-17(16-21(20)27-3)12-13-25-23(26)22(29-15-5-2)18-7-9-19(24)10-8-18/h2,4,6-11,16,22H,1,12-15H2,3H3,(H,25,26). The molecule has 0 aliphatic heterocycles. The molecule has 0 spiro atoms. The van der Waals surface area contributed by atoms with Crippen LogP contribution in [0.15, 0.2) is 55.1 Å². The molecule has 0 aliphatic rings. The zero-order valence-electron chi connectivity index (χ0n) is 16.3. The number of hydrogen-bond donors (Lipinski definition) is 1. The molecule has 0 fully saturated rings. The summed E-state index contributed by atoms with van der Waals surface area (Å²) in [5.41, 5.74) is 1.69. The summed E-state index contributed by atoms with van der Waals surface area (Å²) in [6, 6.07) is 12.6. The fourth-order valence-corrected chi connectivity index (χ4v) is 2.78. The predicted octanol–water partition coefficient (Wildman–Crippen LogP) is 3.96. The Morgan fingerprint density at radius 3 is 2.69 bits per heavy atom. The van der Waals surface area contributed by atoms with Gasteiger partial charge in [0, 0.05) is 11.6 Å². The SMILES string of the molecule is C#CCOC(C(=O)NCCc1ccc(OCC=C)c(OC)c1)c1ccc(Cl)cc1. The summed E-state index contributed by atoms with van der Waals surface area (Å²) >= 11 is 5.92. The van der Waals surface area contributed by atoms with E-state index in [9.17, 15) is 4.79 Å². The summed E-state index contributed by atoms with van der Waals surface area (Å²) in [7, 11) is 1.58. The number of halogens is 1. The van der Waals surface area contributed by atoms with Gasteiger partial charge in [0.05, 0.1) is 7.11 Å². The summed E-state index contributed by atoms with van der Waals surface area (Å²) < 4.78 is 16.4. The van der Waals surface area contributed by atoms with E-state index >= 15 is 0 Å². The molecule has 5 nitrogen and oxygen atoms in total. The minimum atomic E-state index is -0.799. The van der Waals surface area contributed by atoms with Crippen LogP contribution >= 0.6 is 11.6 Å². The van der Waals surface area contributed by atoms with E-state index in [-0.39, 0.29) is 12.5 Å². The minimum absolute atomic E-state index is 0.0318. The molecule has 0 saturated heterocycles. The molecule has 2 aromatic carbocycles. The van der Waals surface area contributed by atoms with E-state index in [1.54, 1.807) is 37.5 Å². The summed E-state index contributed by atoms with van der Waals surface area (Å²) in [4.78, 5) is 12.6. The highest BCUT2D eigenvalue weighted by Gasteiger charge is 2.21. The Bertz CT molecular complexity index is 858. The van der Waals surface area contributed by atoms with Crippen molar-refractivity contribution >= 4 is 17.5 Å². The Morgan fingerprint density at radius 1 is 1.28 bits per heavy atom. The summed E-state index contributed by atoms with van der Waals surface area (Å²) in [5.74, 6) is 3.40. The highest BCUT2D eigenvalue weighted by molar-refractivity contribution is 6.30. The van der Waals surface area contributed by atoms with Gasteiger partial charge in [-0.05, 0) is 41.8 Å². The zero-order valence-corrected chi connectivity index (χ0v) is 17.1. The smallest absolute Gasteiger partial charge is 0.253 e. The van der Waals surface area contributed by atoms with Crippen molar-refractivity contribution in [1.82, 2.24) is 5.32 Å². The molecule has 2 aromatic rings. The van der Waals surface area contributed by atoms with Crippen LogP contribution in [0, 0.1) is 12.3 Å². The van der Waals surface area contributed by atoms with Gasteiger partial charge in [-0.15, -0.1) is 6.42 Å². The molecule has 0 radical (unpaired) electrons. The minimum Gasteiger partial charge on any atom is -0.493 e. The third-order valence-electron chi connectivity index (χ3n) is 4.04. The molecule has 2 rings (SSSR count). The normalized spacial score (nSPS) is 11.2. The maximum Gasteiger partial charge on any atom is 0.253 e. The van der Waals surface area contributed by atoms with E-state index in [0.717, 1.165) is 5.56 Å². The van der Waals surface area contributed by atoms with Crippen molar-refractivity contribution in [1.29, 1.82) is 0 Å². The van der Waals surface area contributed by atoms with Gasteiger partial charge in [-0.1, -0.05) is 48.4 Å². The van der Waals surface area contributed by atoms with Crippen LogP contribution in [0.2, 0.25) is 5.02 Å². The largest absolute Gasteiger partial charge is 0.493 e. The quantitative estimate of drug-likeness (QED) is 0.447. The highest BCUT2D eigenvalue weighted by Crippen LogP contribution is 2.28. The van der Waals surface area contributed by atoms with Gasteiger partial charge in [-0.3, -0.25) is 4.79 Å². The number of benzene rings is 2. The maximum absolute atomic E-state index is 12.6. The van der Waals surface area contributed by atoms with Crippen LogP contribution in [0.4, 0.5) is 0 Å². The molecule has 1 amide bonds. The van der Waals surface area contributed by atoms with Gasteiger partial charge in [0.15, 0.2) is 17.6 Å². The molecule has 1 N–H and O–H groups in total. The van der Waals surface area contributed by atoms with Crippen LogP contribution < -0.4 is 14.8 Å². The second kappa shape index (κ2) is 11.8. The lowest BCUT2D eigenvalue weighted by atomic mass is 10.1. The third-order valence-corrected chi connectivity index (χ3v) is 4.29. The molecule has 0 saturated carbocycles. The Hall–Kier alpha value is -2.94. The fourth-order valence-electron chi connectivity index (χ4n) is 2.65. The number of terminal acetylenes is 1. The number of methoxy groups -OCH3 is 1. The van der Waals surface area contributed by atoms with Crippen LogP contribution in [-0.4, -0.2) is 32.8 Å². The van der Waals surface area contributed by atoms with Crippen LogP contribution in [0.3, 0.4) is 0 Å². The molecular formula is C23H24ClNO4. The maximum atomic E-state index is 12.6. The Labute approximate surface area is 176 Å². The summed E-state index contributed by atoms with van der Waals surface area (Å²) in [6.07, 6.45) is 6.76. The molecule has 0 aliphatic carbocycles. The molecule has 0 bridgehead atoms. The summed E-state index contributed by atoms with van der Waals surface area (Å²) in [6.45, 7) is 4.49. The first-order valence-electron chi connectivity index (χ1n) is 9.08. The molecule has 0 heterocycles. The van der Waals surface area contributed by atoms with Gasteiger partial charge < -0.3 is 19.5 Å².